The smallest absolute Gasteiger partial charge is 0.238 e. The number of carbonyl (C=O) groups is 1. The minimum atomic E-state index is -0.132. The molecule has 31 heavy (non-hydrogen) atoms. The van der Waals surface area contributed by atoms with Gasteiger partial charge in [-0.25, -0.2) is 4.98 Å². The third-order valence-electron chi connectivity index (χ3n) is 5.17. The van der Waals surface area contributed by atoms with Crippen molar-refractivity contribution in [1.82, 2.24) is 19.8 Å². The number of anilines is 2. The molecule has 4 N–H and O–H groups in total. The summed E-state index contributed by atoms with van der Waals surface area (Å²) >= 11 is 6.61. The molecule has 1 saturated carbocycles. The molecule has 1 aromatic heterocycles. The zero-order valence-electron chi connectivity index (χ0n) is 17.9. The molecule has 2 aliphatic rings. The fourth-order valence-electron chi connectivity index (χ4n) is 3.51. The highest BCUT2D eigenvalue weighted by Gasteiger charge is 2.24. The quantitative estimate of drug-likeness (QED) is 0.573. The molecule has 1 aliphatic heterocycles. The maximum Gasteiger partial charge on any atom is 0.238 e. The number of fused-ring (bicyclic) bond motifs is 1. The summed E-state index contributed by atoms with van der Waals surface area (Å²) in [5, 5.41) is 6.87. The minimum absolute atomic E-state index is 0.132. The molecule has 2 aromatic rings. The van der Waals surface area contributed by atoms with Crippen LogP contribution in [0.25, 0.3) is 0 Å². The van der Waals surface area contributed by atoms with E-state index in [-0.39, 0.29) is 12.5 Å². The Labute approximate surface area is 187 Å². The van der Waals surface area contributed by atoms with Crippen molar-refractivity contribution in [2.75, 3.05) is 31.7 Å². The number of amidine groups is 1. The van der Waals surface area contributed by atoms with Gasteiger partial charge in [-0.3, -0.25) is 9.79 Å². The Morgan fingerprint density at radius 1 is 1.39 bits per heavy atom. The van der Waals surface area contributed by atoms with Crippen molar-refractivity contribution >= 4 is 34.7 Å². The predicted octanol–water partition coefficient (Wildman–Crippen LogP) is 2.65. The van der Waals surface area contributed by atoms with Gasteiger partial charge in [0, 0.05) is 30.3 Å². The SMILES string of the molecule is CN(C)CC(=O)Nc1cc(N)cc(CCC2=CCn3ccnc3C(=NC3CC3)N2)c1Cl. The number of halogens is 1. The summed E-state index contributed by atoms with van der Waals surface area (Å²) < 4.78 is 2.09. The molecule has 0 unspecified atom stereocenters. The van der Waals surface area contributed by atoms with Gasteiger partial charge in [0.05, 0.1) is 23.3 Å². The number of nitrogen functional groups attached to an aromatic ring is 1. The molecule has 1 aliphatic carbocycles. The third-order valence-corrected chi connectivity index (χ3v) is 5.61. The van der Waals surface area contributed by atoms with E-state index in [1.165, 1.54) is 0 Å². The van der Waals surface area contributed by atoms with Gasteiger partial charge in [0.2, 0.25) is 5.91 Å². The number of hydrogen-bond acceptors (Lipinski definition) is 5. The van der Waals surface area contributed by atoms with E-state index in [0.717, 1.165) is 48.7 Å². The summed E-state index contributed by atoms with van der Waals surface area (Å²) in [5.41, 5.74) is 9.16. The van der Waals surface area contributed by atoms with Crippen molar-refractivity contribution < 1.29 is 4.79 Å². The zero-order chi connectivity index (χ0) is 22.0. The highest BCUT2D eigenvalue weighted by atomic mass is 35.5. The van der Waals surface area contributed by atoms with Crippen LogP contribution in [0.15, 0.2) is 41.3 Å². The molecule has 1 amide bonds. The number of nitrogens with two attached hydrogens (primary N) is 1. The van der Waals surface area contributed by atoms with E-state index in [1.54, 1.807) is 17.2 Å². The van der Waals surface area contributed by atoms with Crippen LogP contribution < -0.4 is 16.4 Å². The van der Waals surface area contributed by atoms with E-state index in [4.69, 9.17) is 22.3 Å². The topological polar surface area (TPSA) is 101 Å². The highest BCUT2D eigenvalue weighted by Crippen LogP contribution is 2.31. The largest absolute Gasteiger partial charge is 0.399 e. The van der Waals surface area contributed by atoms with Crippen molar-refractivity contribution in [2.24, 2.45) is 4.99 Å². The van der Waals surface area contributed by atoms with Crippen LogP contribution in [0, 0.1) is 0 Å². The summed E-state index contributed by atoms with van der Waals surface area (Å²) in [6.45, 7) is 1.01. The van der Waals surface area contributed by atoms with Crippen LogP contribution in [0.1, 0.15) is 30.7 Å². The number of amides is 1. The molecule has 0 radical (unpaired) electrons. The van der Waals surface area contributed by atoms with Crippen LogP contribution in [0.5, 0.6) is 0 Å². The normalized spacial score (nSPS) is 17.2. The molecule has 4 rings (SSSR count). The van der Waals surface area contributed by atoms with Crippen molar-refractivity contribution in [3.63, 3.8) is 0 Å². The number of benzene rings is 1. The molecule has 1 aromatic carbocycles. The number of imidazole rings is 1. The average Bonchev–Trinajstić information content (AvgIpc) is 3.43. The van der Waals surface area contributed by atoms with Crippen LogP contribution in [0.2, 0.25) is 5.02 Å². The number of aromatic nitrogens is 2. The van der Waals surface area contributed by atoms with Gasteiger partial charge >= 0.3 is 0 Å². The first-order chi connectivity index (χ1) is 14.9. The molecule has 0 bridgehead atoms. The monoisotopic (exact) mass is 441 g/mol. The van der Waals surface area contributed by atoms with Crippen molar-refractivity contribution in [3.05, 3.63) is 52.7 Å². The average molecular weight is 442 g/mol. The Bertz CT molecular complexity index is 1040. The first kappa shape index (κ1) is 21.4. The van der Waals surface area contributed by atoms with Gasteiger partial charge in [0.1, 0.15) is 0 Å². The maximum absolute atomic E-state index is 12.2. The summed E-state index contributed by atoms with van der Waals surface area (Å²) in [5.74, 6) is 1.56. The number of nitrogens with zero attached hydrogens (tertiary/aromatic N) is 4. The molecule has 0 saturated heterocycles. The number of allylic oxidation sites excluding steroid dienone is 2. The van der Waals surface area contributed by atoms with Crippen molar-refractivity contribution in [2.45, 2.75) is 38.3 Å². The molecule has 0 spiro atoms. The summed E-state index contributed by atoms with van der Waals surface area (Å²) in [6, 6.07) is 3.96. The van der Waals surface area contributed by atoms with Gasteiger partial charge in [-0.15, -0.1) is 0 Å². The first-order valence-corrected chi connectivity index (χ1v) is 10.8. The second kappa shape index (κ2) is 9.11. The highest BCUT2D eigenvalue weighted by molar-refractivity contribution is 6.34. The Kier molecular flexibility index (Phi) is 6.29. The van der Waals surface area contributed by atoms with Gasteiger partial charge in [0.15, 0.2) is 11.7 Å². The maximum atomic E-state index is 12.2. The molecule has 1 fully saturated rings. The lowest BCUT2D eigenvalue weighted by Gasteiger charge is -2.15. The van der Waals surface area contributed by atoms with Gasteiger partial charge in [-0.1, -0.05) is 11.6 Å². The number of aliphatic imine (C=N–C) groups is 1. The van der Waals surface area contributed by atoms with Crippen molar-refractivity contribution in [3.8, 4) is 0 Å². The second-order valence-electron chi connectivity index (χ2n) is 8.29. The van der Waals surface area contributed by atoms with Gasteiger partial charge in [0.25, 0.3) is 0 Å². The van der Waals surface area contributed by atoms with E-state index >= 15 is 0 Å². The Hall–Kier alpha value is -2.84. The fourth-order valence-corrected chi connectivity index (χ4v) is 3.76. The Balaban J connectivity index is 1.48. The van der Waals surface area contributed by atoms with Crippen molar-refractivity contribution in [1.29, 1.82) is 0 Å². The fraction of sp³-hybridized carbons (Fsp3) is 0.409. The van der Waals surface area contributed by atoms with Crippen LogP contribution in [0.4, 0.5) is 11.4 Å². The number of hydrogen-bond donors (Lipinski definition) is 3. The summed E-state index contributed by atoms with van der Waals surface area (Å²) in [7, 11) is 3.68. The van der Waals surface area contributed by atoms with E-state index in [2.05, 4.69) is 26.3 Å². The van der Waals surface area contributed by atoms with Gasteiger partial charge in [-0.05, 0) is 63.6 Å². The van der Waals surface area contributed by atoms with E-state index < -0.39 is 0 Å². The molecule has 164 valence electrons. The molecule has 9 heteroatoms. The van der Waals surface area contributed by atoms with E-state index in [0.29, 0.717) is 28.9 Å². The Morgan fingerprint density at radius 2 is 2.19 bits per heavy atom. The molecule has 2 heterocycles. The lowest BCUT2D eigenvalue weighted by molar-refractivity contribution is -0.116. The van der Waals surface area contributed by atoms with Gasteiger partial charge < -0.3 is 25.8 Å². The number of carbonyl (C=O) groups excluding carboxylic acids is 1. The van der Waals surface area contributed by atoms with E-state index in [1.807, 2.05) is 26.4 Å². The van der Waals surface area contributed by atoms with Crippen LogP contribution in [0.3, 0.4) is 0 Å². The number of aryl methyl sites for hydroxylation is 1. The standard InChI is InChI=1S/C22H28ClN7O/c1-29(2)13-19(31)28-18-12-15(24)11-14(20(18)23)3-4-17-7-9-30-10-8-25-22(30)21(27-17)26-16-5-6-16/h7-8,10-12,16H,3-6,9,13,24H2,1-2H3,(H,26,27)(H,28,31). The third kappa shape index (κ3) is 5.45. The first-order valence-electron chi connectivity index (χ1n) is 10.5. The summed E-state index contributed by atoms with van der Waals surface area (Å²) in [6.07, 6.45) is 9.60. The number of nitrogens with one attached hydrogen (secondary N) is 2. The summed E-state index contributed by atoms with van der Waals surface area (Å²) in [4.78, 5) is 23.2. The lowest BCUT2D eigenvalue weighted by Crippen LogP contribution is -2.27. The minimum Gasteiger partial charge on any atom is -0.399 e. The van der Waals surface area contributed by atoms with Gasteiger partial charge in [-0.2, -0.15) is 0 Å². The second-order valence-corrected chi connectivity index (χ2v) is 8.67. The molecule has 0 atom stereocenters. The Morgan fingerprint density at radius 3 is 2.94 bits per heavy atom. The molecular formula is C22H28ClN7O. The van der Waals surface area contributed by atoms with E-state index in [9.17, 15) is 4.79 Å². The van der Waals surface area contributed by atoms with Crippen LogP contribution in [-0.2, 0) is 17.8 Å². The van der Waals surface area contributed by atoms with Crippen LogP contribution in [-0.4, -0.2) is 52.9 Å². The predicted molar refractivity (Wildman–Crippen MR) is 124 cm³/mol. The molecular weight excluding hydrogens is 414 g/mol. The molecule has 8 nitrogen and oxygen atoms in total. The number of likely N-dealkylation sites (N-methyl/N-ethyl adjacent to an activating group) is 1. The zero-order valence-corrected chi connectivity index (χ0v) is 18.6. The lowest BCUT2D eigenvalue weighted by atomic mass is 10.1. The van der Waals surface area contributed by atoms with Crippen LogP contribution >= 0.6 is 11.6 Å². The number of rotatable bonds is 7.